The maximum Gasteiger partial charge on any atom is 0.353 e. The maximum absolute atomic E-state index is 14.7. The number of hydrogen-bond donors (Lipinski definition) is 3. The van der Waals surface area contributed by atoms with Crippen LogP contribution in [0.5, 0.6) is 34.8 Å². The van der Waals surface area contributed by atoms with Crippen LogP contribution in [0, 0.1) is 0 Å². The summed E-state index contributed by atoms with van der Waals surface area (Å²) in [4.78, 5) is 61.8. The normalized spacial score (nSPS) is 16.9. The van der Waals surface area contributed by atoms with Gasteiger partial charge in [0.15, 0.2) is 28.2 Å². The SMILES string of the molecule is COc1cc2c(cc1OCc1cccc(COc3cc4c(cc3OC)C(=O)N3c5ccccc5CC3CN4CC(C)(C)SSCCC(C(=O)On3c(O)ccc3O)S(=O)(=O)O)n1)N=CC1Cc3ccccc3N1C2=O. The number of aromatic hydroxyl groups is 2. The lowest BCUT2D eigenvalue weighted by atomic mass is 10.1. The van der Waals surface area contributed by atoms with Crippen LogP contribution in [-0.2, 0) is 41.0 Å². The number of benzene rings is 4. The van der Waals surface area contributed by atoms with E-state index in [-0.39, 0.29) is 49.3 Å². The van der Waals surface area contributed by atoms with Crippen molar-refractivity contribution in [1.29, 1.82) is 0 Å². The van der Waals surface area contributed by atoms with Gasteiger partial charge in [-0.1, -0.05) is 64.1 Å². The van der Waals surface area contributed by atoms with Gasteiger partial charge in [-0.05, 0) is 74.2 Å². The zero-order valence-electron chi connectivity index (χ0n) is 41.1. The molecule has 0 saturated heterocycles. The minimum Gasteiger partial charge on any atom is -0.493 e. The number of hydrogen-bond acceptors (Lipinski definition) is 17. The molecule has 2 amide bonds. The Bertz CT molecular complexity index is 3350. The van der Waals surface area contributed by atoms with Crippen LogP contribution in [0.25, 0.3) is 0 Å². The van der Waals surface area contributed by atoms with Gasteiger partial charge in [0, 0.05) is 71.9 Å². The van der Waals surface area contributed by atoms with Crippen LogP contribution in [0.15, 0.2) is 108 Å². The van der Waals surface area contributed by atoms with Crippen LogP contribution >= 0.6 is 21.6 Å². The van der Waals surface area contributed by atoms with Crippen molar-refractivity contribution in [2.75, 3.05) is 47.8 Å². The summed E-state index contributed by atoms with van der Waals surface area (Å²) >= 11 is 0. The van der Waals surface area contributed by atoms with Crippen LogP contribution < -0.4 is 38.5 Å². The molecule has 0 aliphatic carbocycles. The highest BCUT2D eigenvalue weighted by Crippen LogP contribution is 2.46. The van der Waals surface area contributed by atoms with E-state index in [2.05, 4.69) is 4.90 Å². The number of amides is 2. The lowest BCUT2D eigenvalue weighted by Gasteiger charge is -2.35. The van der Waals surface area contributed by atoms with E-state index >= 15 is 0 Å². The second-order valence-corrected chi connectivity index (χ2v) is 23.6. The second kappa shape index (κ2) is 20.7. The van der Waals surface area contributed by atoms with Crippen molar-refractivity contribution in [1.82, 2.24) is 9.71 Å². The highest BCUT2D eigenvalue weighted by Gasteiger charge is 2.42. The molecule has 6 aromatic rings. The van der Waals surface area contributed by atoms with Crippen LogP contribution in [0.4, 0.5) is 22.7 Å². The number of carbonyl (C=O) groups is 3. The second-order valence-electron chi connectivity index (χ2n) is 18.8. The number of anilines is 3. The van der Waals surface area contributed by atoms with Gasteiger partial charge in [0.25, 0.3) is 21.9 Å². The molecule has 3 atom stereocenters. The molecular weight excluding hydrogens is 1020 g/mol. The van der Waals surface area contributed by atoms with Gasteiger partial charge in [-0.15, -0.1) is 4.73 Å². The molecule has 4 aliphatic heterocycles. The topological polar surface area (TPSA) is 232 Å². The van der Waals surface area contributed by atoms with Crippen LogP contribution in [0.1, 0.15) is 63.5 Å². The highest BCUT2D eigenvalue weighted by molar-refractivity contribution is 8.77. The fourth-order valence-electron chi connectivity index (χ4n) is 9.83. The smallest absolute Gasteiger partial charge is 0.353 e. The van der Waals surface area contributed by atoms with E-state index in [4.69, 9.17) is 33.8 Å². The molecule has 2 aromatic heterocycles. The van der Waals surface area contributed by atoms with E-state index < -0.39 is 37.8 Å². The van der Waals surface area contributed by atoms with Gasteiger partial charge >= 0.3 is 5.97 Å². The van der Waals surface area contributed by atoms with E-state index in [1.807, 2.05) is 91.5 Å². The van der Waals surface area contributed by atoms with Crippen molar-refractivity contribution in [3.8, 4) is 34.8 Å². The fourth-order valence-corrected chi connectivity index (χ4v) is 13.3. The van der Waals surface area contributed by atoms with Crippen LogP contribution in [0.2, 0.25) is 0 Å². The minimum absolute atomic E-state index is 0.0304. The predicted octanol–water partition coefficient (Wildman–Crippen LogP) is 7.61. The molecule has 4 aliphatic rings. The Morgan fingerprint density at radius 3 is 2.01 bits per heavy atom. The Balaban J connectivity index is 0.846. The summed E-state index contributed by atoms with van der Waals surface area (Å²) in [6.07, 6.45) is 2.77. The summed E-state index contributed by atoms with van der Waals surface area (Å²) in [6.45, 7) is 4.97. The third-order valence-electron chi connectivity index (χ3n) is 13.2. The Kier molecular flexibility index (Phi) is 14.1. The van der Waals surface area contributed by atoms with Gasteiger partial charge in [0.05, 0.1) is 60.2 Å². The lowest BCUT2D eigenvalue weighted by molar-refractivity contribution is -0.145. The Hall–Kier alpha value is -7.40. The van der Waals surface area contributed by atoms with Gasteiger partial charge in [0.1, 0.15) is 13.2 Å². The molecular formula is C53H52N6O13S3. The number of carbonyl (C=O) groups excluding carboxylic acids is 3. The molecule has 390 valence electrons. The quantitative estimate of drug-likeness (QED) is 0.0427. The summed E-state index contributed by atoms with van der Waals surface area (Å²) < 4.78 is 58.7. The highest BCUT2D eigenvalue weighted by atomic mass is 33.1. The van der Waals surface area contributed by atoms with Gasteiger partial charge < -0.3 is 43.8 Å². The Labute approximate surface area is 440 Å². The van der Waals surface area contributed by atoms with Crippen molar-refractivity contribution in [2.45, 2.75) is 68.4 Å². The molecule has 4 aromatic carbocycles. The third kappa shape index (κ3) is 10.4. The summed E-state index contributed by atoms with van der Waals surface area (Å²) in [7, 11) is 0.812. The van der Waals surface area contributed by atoms with Crippen molar-refractivity contribution in [3.05, 3.63) is 137 Å². The van der Waals surface area contributed by atoms with E-state index in [0.717, 1.165) is 34.6 Å². The van der Waals surface area contributed by atoms with Gasteiger partial charge in [0.2, 0.25) is 11.8 Å². The van der Waals surface area contributed by atoms with Gasteiger partial charge in [-0.25, -0.2) is 4.79 Å². The average Bonchev–Trinajstić information content (AvgIpc) is 4.02. The van der Waals surface area contributed by atoms with E-state index in [1.165, 1.54) is 35.8 Å². The van der Waals surface area contributed by atoms with Crippen molar-refractivity contribution in [2.24, 2.45) is 4.99 Å². The first-order chi connectivity index (χ1) is 36.0. The lowest BCUT2D eigenvalue weighted by Crippen LogP contribution is -2.45. The molecule has 0 spiro atoms. The fraction of sp³-hybridized carbons (Fsp3) is 0.302. The zero-order valence-corrected chi connectivity index (χ0v) is 43.6. The molecule has 0 bridgehead atoms. The van der Waals surface area contributed by atoms with E-state index in [0.29, 0.717) is 87.5 Å². The molecule has 22 heteroatoms. The Morgan fingerprint density at radius 2 is 1.36 bits per heavy atom. The number of nitrogens with zero attached hydrogens (tertiary/aromatic N) is 6. The van der Waals surface area contributed by atoms with Crippen LogP contribution in [0.3, 0.4) is 0 Å². The third-order valence-corrected chi connectivity index (χ3v) is 17.7. The maximum atomic E-state index is 14.7. The minimum atomic E-state index is -4.94. The monoisotopic (exact) mass is 1080 g/mol. The number of aliphatic imine (C=N–C) groups is 1. The first kappa shape index (κ1) is 51.1. The standard InChI is InChI=1S/C53H52N6O13S3/c1-53(2,74-73-19-18-47(75(65,66)67)52(64)72-59-48(60)16-17-49(59)61)30-56-27-36-21-32-11-6-8-15-41(32)58(36)51(63)38-23-44(69-4)46(25-42(38)56)71-29-34-13-9-12-33(55-34)28-70-45-24-39-37(22-43(45)68-3)50(62)57-35(26-54-39)20-31-10-5-7-14-40(31)57/h5-17,22-26,35-36,47,60-61H,18-21,27-30H2,1-4H3,(H,65,66,67). The summed E-state index contributed by atoms with van der Waals surface area (Å²) in [5.41, 5.74) is 6.94. The molecule has 0 radical (unpaired) electrons. The predicted molar refractivity (Wildman–Crippen MR) is 284 cm³/mol. The first-order valence-corrected chi connectivity index (χ1v) is 27.7. The number of pyridine rings is 1. The number of fused-ring (bicyclic) bond motifs is 8. The van der Waals surface area contributed by atoms with Crippen LogP contribution in [-0.4, -0.2) is 112 Å². The van der Waals surface area contributed by atoms with Crippen molar-refractivity contribution >= 4 is 78.5 Å². The first-order valence-electron chi connectivity index (χ1n) is 23.9. The molecule has 3 N–H and O–H groups in total. The number of methoxy groups -OCH3 is 2. The van der Waals surface area contributed by atoms with E-state index in [9.17, 15) is 37.6 Å². The van der Waals surface area contributed by atoms with E-state index in [1.54, 1.807) is 29.3 Å². The largest absolute Gasteiger partial charge is 0.493 e. The van der Waals surface area contributed by atoms with Gasteiger partial charge in [-0.3, -0.25) is 29.0 Å². The number of ether oxygens (including phenoxy) is 4. The van der Waals surface area contributed by atoms with Crippen molar-refractivity contribution < 1.29 is 61.4 Å². The number of para-hydroxylation sites is 2. The average molecular weight is 1080 g/mol. The molecule has 19 nitrogen and oxygen atoms in total. The summed E-state index contributed by atoms with van der Waals surface area (Å²) in [6, 6.07) is 29.8. The zero-order chi connectivity index (χ0) is 52.8. The number of aromatic nitrogens is 2. The summed E-state index contributed by atoms with van der Waals surface area (Å²) in [5, 5.41) is 17.8. The molecule has 0 saturated carbocycles. The molecule has 3 unspecified atom stereocenters. The molecule has 10 rings (SSSR count). The Morgan fingerprint density at radius 1 is 0.760 bits per heavy atom. The molecule has 6 heterocycles. The van der Waals surface area contributed by atoms with Crippen molar-refractivity contribution in [3.63, 3.8) is 0 Å². The van der Waals surface area contributed by atoms with Gasteiger partial charge in [-0.2, -0.15) is 8.42 Å². The number of rotatable bonds is 18. The molecule has 75 heavy (non-hydrogen) atoms. The molecule has 0 fully saturated rings. The summed E-state index contributed by atoms with van der Waals surface area (Å²) in [5.74, 6) is -1.46.